The van der Waals surface area contributed by atoms with Gasteiger partial charge in [0.2, 0.25) is 6.79 Å². The van der Waals surface area contributed by atoms with Crippen molar-refractivity contribution in [3.8, 4) is 11.5 Å². The molecule has 126 valence electrons. The Labute approximate surface area is 146 Å². The second kappa shape index (κ2) is 6.22. The SMILES string of the molecule is O=C(OCc1cc(Cl)c2c(c1)OCO2)c1cc2ccncc2cc1F. The fraction of sp³-hybridized carbons (Fsp3) is 0.111. The van der Waals surface area contributed by atoms with Crippen molar-refractivity contribution in [1.29, 1.82) is 0 Å². The number of hydrogen-bond acceptors (Lipinski definition) is 5. The maximum atomic E-state index is 14.2. The first-order valence-corrected chi connectivity index (χ1v) is 7.78. The van der Waals surface area contributed by atoms with Gasteiger partial charge in [0.1, 0.15) is 12.4 Å². The number of aromatic nitrogens is 1. The highest BCUT2D eigenvalue weighted by Crippen LogP contribution is 2.40. The van der Waals surface area contributed by atoms with E-state index in [0.29, 0.717) is 32.9 Å². The molecular weight excluding hydrogens is 349 g/mol. The van der Waals surface area contributed by atoms with E-state index in [2.05, 4.69) is 4.98 Å². The lowest BCUT2D eigenvalue weighted by Gasteiger charge is -2.08. The molecule has 0 saturated carbocycles. The van der Waals surface area contributed by atoms with Crippen LogP contribution in [-0.2, 0) is 11.3 Å². The summed E-state index contributed by atoms with van der Waals surface area (Å²) in [5.41, 5.74) is 0.485. The Hall–Kier alpha value is -2.86. The van der Waals surface area contributed by atoms with Crippen LogP contribution in [0.5, 0.6) is 11.5 Å². The van der Waals surface area contributed by atoms with E-state index in [1.807, 2.05) is 0 Å². The van der Waals surface area contributed by atoms with Crippen LogP contribution in [0.15, 0.2) is 42.7 Å². The molecule has 0 spiro atoms. The first-order valence-electron chi connectivity index (χ1n) is 7.40. The van der Waals surface area contributed by atoms with Gasteiger partial charge in [0, 0.05) is 17.8 Å². The Morgan fingerprint density at radius 1 is 1.24 bits per heavy atom. The van der Waals surface area contributed by atoms with Crippen LogP contribution in [0.2, 0.25) is 5.02 Å². The number of carbonyl (C=O) groups is 1. The highest BCUT2D eigenvalue weighted by Gasteiger charge is 2.20. The third-order valence-electron chi connectivity index (χ3n) is 3.80. The predicted octanol–water partition coefficient (Wildman–Crippen LogP) is 4.11. The Kier molecular flexibility index (Phi) is 3.89. The van der Waals surface area contributed by atoms with Crippen molar-refractivity contribution in [3.05, 3.63) is 64.7 Å². The van der Waals surface area contributed by atoms with Crippen molar-refractivity contribution in [2.45, 2.75) is 6.61 Å². The summed E-state index contributed by atoms with van der Waals surface area (Å²) < 4.78 is 29.8. The monoisotopic (exact) mass is 359 g/mol. The summed E-state index contributed by atoms with van der Waals surface area (Å²) in [6.07, 6.45) is 3.10. The molecule has 0 radical (unpaired) electrons. The number of esters is 1. The van der Waals surface area contributed by atoms with E-state index >= 15 is 0 Å². The molecule has 1 aliphatic rings. The molecule has 3 aromatic rings. The minimum atomic E-state index is -0.759. The van der Waals surface area contributed by atoms with Crippen molar-refractivity contribution in [2.75, 3.05) is 6.79 Å². The van der Waals surface area contributed by atoms with Crippen molar-refractivity contribution < 1.29 is 23.4 Å². The molecule has 0 saturated heterocycles. The molecule has 0 atom stereocenters. The average molecular weight is 360 g/mol. The maximum absolute atomic E-state index is 14.2. The third kappa shape index (κ3) is 2.96. The van der Waals surface area contributed by atoms with E-state index in [-0.39, 0.29) is 19.0 Å². The second-order valence-electron chi connectivity index (χ2n) is 5.44. The van der Waals surface area contributed by atoms with Gasteiger partial charge in [0.05, 0.1) is 10.6 Å². The van der Waals surface area contributed by atoms with Gasteiger partial charge in [-0.2, -0.15) is 0 Å². The summed E-state index contributed by atoms with van der Waals surface area (Å²) >= 11 is 6.09. The molecule has 2 heterocycles. The molecular formula is C18H11ClFNO4. The molecule has 0 amide bonds. The highest BCUT2D eigenvalue weighted by atomic mass is 35.5. The van der Waals surface area contributed by atoms with Crippen LogP contribution >= 0.6 is 11.6 Å². The van der Waals surface area contributed by atoms with Gasteiger partial charge < -0.3 is 14.2 Å². The topological polar surface area (TPSA) is 57.7 Å². The minimum absolute atomic E-state index is 0.0665. The number of benzene rings is 2. The van der Waals surface area contributed by atoms with Crippen LogP contribution in [0.25, 0.3) is 10.8 Å². The van der Waals surface area contributed by atoms with Gasteiger partial charge in [0.25, 0.3) is 0 Å². The van der Waals surface area contributed by atoms with Gasteiger partial charge in [-0.25, -0.2) is 9.18 Å². The standard InChI is InChI=1S/C18H11ClFNO4/c19-14-3-10(4-16-17(14)25-9-24-16)8-23-18(22)13-5-11-1-2-21-7-12(11)6-15(13)20/h1-7H,8-9H2. The van der Waals surface area contributed by atoms with Gasteiger partial charge in [-0.1, -0.05) is 11.6 Å². The average Bonchev–Trinajstić information content (AvgIpc) is 3.08. The lowest BCUT2D eigenvalue weighted by Crippen LogP contribution is -2.08. The molecule has 0 unspecified atom stereocenters. The van der Waals surface area contributed by atoms with Crippen molar-refractivity contribution >= 4 is 28.3 Å². The smallest absolute Gasteiger partial charge is 0.341 e. The number of ether oxygens (including phenoxy) is 3. The normalized spacial score (nSPS) is 12.4. The number of hydrogen-bond donors (Lipinski definition) is 0. The summed E-state index contributed by atoms with van der Waals surface area (Å²) in [6, 6.07) is 7.69. The molecule has 0 fully saturated rings. The van der Waals surface area contributed by atoms with Gasteiger partial charge in [0.15, 0.2) is 11.5 Å². The molecule has 1 aromatic heterocycles. The molecule has 4 rings (SSSR count). The molecule has 2 aromatic carbocycles. The van der Waals surface area contributed by atoms with Gasteiger partial charge in [-0.05, 0) is 41.3 Å². The summed E-state index contributed by atoms with van der Waals surface area (Å²) in [5, 5.41) is 1.68. The molecule has 0 aliphatic carbocycles. The van der Waals surface area contributed by atoms with Crippen LogP contribution in [0.3, 0.4) is 0 Å². The quantitative estimate of drug-likeness (QED) is 0.658. The molecule has 25 heavy (non-hydrogen) atoms. The highest BCUT2D eigenvalue weighted by molar-refractivity contribution is 6.32. The van der Waals surface area contributed by atoms with E-state index in [1.165, 1.54) is 18.3 Å². The summed E-state index contributed by atoms with van der Waals surface area (Å²) in [6.45, 7) is 0.0263. The maximum Gasteiger partial charge on any atom is 0.341 e. The second-order valence-corrected chi connectivity index (χ2v) is 5.85. The van der Waals surface area contributed by atoms with Crippen LogP contribution in [0.4, 0.5) is 4.39 Å². The van der Waals surface area contributed by atoms with Crippen LogP contribution in [0.1, 0.15) is 15.9 Å². The first-order chi connectivity index (χ1) is 12.1. The van der Waals surface area contributed by atoms with Crippen molar-refractivity contribution in [2.24, 2.45) is 0 Å². The van der Waals surface area contributed by atoms with Crippen LogP contribution < -0.4 is 9.47 Å². The Bertz CT molecular complexity index is 992. The molecule has 0 N–H and O–H groups in total. The van der Waals surface area contributed by atoms with Crippen molar-refractivity contribution in [3.63, 3.8) is 0 Å². The Morgan fingerprint density at radius 2 is 2.12 bits per heavy atom. The minimum Gasteiger partial charge on any atom is -0.457 e. The van der Waals surface area contributed by atoms with E-state index < -0.39 is 11.8 Å². The van der Waals surface area contributed by atoms with Crippen LogP contribution in [-0.4, -0.2) is 17.7 Å². The summed E-state index contributed by atoms with van der Waals surface area (Å²) in [7, 11) is 0. The Balaban J connectivity index is 1.55. The first kappa shape index (κ1) is 15.7. The Morgan fingerprint density at radius 3 is 3.00 bits per heavy atom. The zero-order valence-electron chi connectivity index (χ0n) is 12.8. The fourth-order valence-corrected chi connectivity index (χ4v) is 2.88. The number of halogens is 2. The zero-order valence-corrected chi connectivity index (χ0v) is 13.5. The molecule has 7 heteroatoms. The lowest BCUT2D eigenvalue weighted by molar-refractivity contribution is 0.0467. The van der Waals surface area contributed by atoms with Gasteiger partial charge in [-0.15, -0.1) is 0 Å². The predicted molar refractivity (Wildman–Crippen MR) is 88.4 cm³/mol. The number of fused-ring (bicyclic) bond motifs is 2. The summed E-state index contributed by atoms with van der Waals surface area (Å²) in [5.74, 6) is -0.465. The molecule has 0 bridgehead atoms. The van der Waals surface area contributed by atoms with Crippen LogP contribution in [0, 0.1) is 5.82 Å². The number of pyridine rings is 1. The van der Waals surface area contributed by atoms with Gasteiger partial charge in [-0.3, -0.25) is 4.98 Å². The van der Waals surface area contributed by atoms with E-state index in [1.54, 1.807) is 24.4 Å². The van der Waals surface area contributed by atoms with Gasteiger partial charge >= 0.3 is 5.97 Å². The third-order valence-corrected chi connectivity index (χ3v) is 4.08. The summed E-state index contributed by atoms with van der Waals surface area (Å²) in [4.78, 5) is 16.2. The largest absolute Gasteiger partial charge is 0.457 e. The van der Waals surface area contributed by atoms with E-state index in [0.717, 1.165) is 0 Å². The number of carbonyl (C=O) groups excluding carboxylic acids is 1. The van der Waals surface area contributed by atoms with E-state index in [4.69, 9.17) is 25.8 Å². The molecule has 1 aliphatic heterocycles. The van der Waals surface area contributed by atoms with E-state index in [9.17, 15) is 9.18 Å². The lowest BCUT2D eigenvalue weighted by atomic mass is 10.1. The number of nitrogens with zero attached hydrogens (tertiary/aromatic N) is 1. The zero-order chi connectivity index (χ0) is 17.4. The van der Waals surface area contributed by atoms with Crippen molar-refractivity contribution in [1.82, 2.24) is 4.98 Å². The molecule has 5 nitrogen and oxygen atoms in total. The number of rotatable bonds is 3. The fourth-order valence-electron chi connectivity index (χ4n) is 2.60.